The Bertz CT molecular complexity index is 305. The molecule has 0 radical (unpaired) electrons. The van der Waals surface area contributed by atoms with Crippen molar-refractivity contribution in [3.63, 3.8) is 0 Å². The lowest BCUT2D eigenvalue weighted by Gasteiger charge is -2.30. The monoisotopic (exact) mass is 255 g/mol. The van der Waals surface area contributed by atoms with Crippen LogP contribution in [0.3, 0.4) is 0 Å². The second-order valence-electron chi connectivity index (χ2n) is 5.59. The van der Waals surface area contributed by atoms with Crippen LogP contribution in [-0.2, 0) is 9.59 Å². The zero-order valence-corrected chi connectivity index (χ0v) is 11.5. The van der Waals surface area contributed by atoms with Gasteiger partial charge < -0.3 is 16.4 Å². The Morgan fingerprint density at radius 1 is 1.33 bits per heavy atom. The van der Waals surface area contributed by atoms with Crippen LogP contribution >= 0.6 is 0 Å². The lowest BCUT2D eigenvalue weighted by Crippen LogP contribution is -2.44. The fraction of sp³-hybridized carbons (Fsp3) is 0.846. The summed E-state index contributed by atoms with van der Waals surface area (Å²) in [5, 5.41) is 5.44. The summed E-state index contributed by atoms with van der Waals surface area (Å²) in [6, 6.07) is 0.306. The highest BCUT2D eigenvalue weighted by Crippen LogP contribution is 2.27. The molecule has 1 saturated carbocycles. The van der Waals surface area contributed by atoms with Crippen LogP contribution in [0, 0.1) is 11.8 Å². The van der Waals surface area contributed by atoms with Gasteiger partial charge in [0.25, 0.3) is 0 Å². The first-order chi connectivity index (χ1) is 8.40. The first-order valence-electron chi connectivity index (χ1n) is 6.72. The molecule has 2 amide bonds. The molecule has 0 aliphatic heterocycles. The van der Waals surface area contributed by atoms with Gasteiger partial charge >= 0.3 is 0 Å². The summed E-state index contributed by atoms with van der Waals surface area (Å²) in [7, 11) is 0. The molecule has 0 aromatic heterocycles. The zero-order valence-electron chi connectivity index (χ0n) is 11.5. The van der Waals surface area contributed by atoms with Gasteiger partial charge in [0.15, 0.2) is 0 Å². The predicted octanol–water partition coefficient (Wildman–Crippen LogP) is 0.391. The Balaban J connectivity index is 2.31. The van der Waals surface area contributed by atoms with Gasteiger partial charge in [-0.3, -0.25) is 9.59 Å². The summed E-state index contributed by atoms with van der Waals surface area (Å²) in [6.45, 7) is 5.93. The van der Waals surface area contributed by atoms with Crippen molar-refractivity contribution < 1.29 is 9.59 Å². The Labute approximate surface area is 109 Å². The van der Waals surface area contributed by atoms with Crippen LogP contribution in [0.15, 0.2) is 0 Å². The topological polar surface area (TPSA) is 84.2 Å². The van der Waals surface area contributed by atoms with E-state index in [0.717, 1.165) is 19.3 Å². The predicted molar refractivity (Wildman–Crippen MR) is 70.8 cm³/mol. The van der Waals surface area contributed by atoms with E-state index in [9.17, 15) is 9.59 Å². The van der Waals surface area contributed by atoms with Crippen molar-refractivity contribution in [1.82, 2.24) is 10.6 Å². The number of amides is 2. The van der Waals surface area contributed by atoms with E-state index in [0.29, 0.717) is 5.92 Å². The molecule has 0 aromatic carbocycles. The zero-order chi connectivity index (χ0) is 13.7. The number of nitrogens with two attached hydrogens (primary N) is 1. The van der Waals surface area contributed by atoms with Crippen LogP contribution in [-0.4, -0.2) is 30.4 Å². The third-order valence-corrected chi connectivity index (χ3v) is 3.48. The van der Waals surface area contributed by atoms with Crippen molar-refractivity contribution in [3.8, 4) is 0 Å². The highest BCUT2D eigenvalue weighted by molar-refractivity contribution is 5.85. The Morgan fingerprint density at radius 3 is 2.56 bits per heavy atom. The average molecular weight is 255 g/mol. The van der Waals surface area contributed by atoms with Crippen LogP contribution < -0.4 is 16.4 Å². The minimum Gasteiger partial charge on any atom is -0.352 e. The first kappa shape index (κ1) is 15.0. The number of hydrogen-bond acceptors (Lipinski definition) is 3. The molecule has 1 rings (SSSR count). The van der Waals surface area contributed by atoms with Crippen molar-refractivity contribution in [2.45, 2.75) is 52.1 Å². The minimum absolute atomic E-state index is 0.00616. The van der Waals surface area contributed by atoms with Gasteiger partial charge in [0.2, 0.25) is 11.8 Å². The van der Waals surface area contributed by atoms with Crippen molar-refractivity contribution in [2.24, 2.45) is 17.6 Å². The summed E-state index contributed by atoms with van der Waals surface area (Å²) >= 11 is 0. The van der Waals surface area contributed by atoms with E-state index in [2.05, 4.69) is 17.6 Å². The third-order valence-electron chi connectivity index (χ3n) is 3.48. The van der Waals surface area contributed by atoms with Crippen LogP contribution in [0.5, 0.6) is 0 Å². The van der Waals surface area contributed by atoms with E-state index >= 15 is 0 Å². The summed E-state index contributed by atoms with van der Waals surface area (Å²) in [4.78, 5) is 23.3. The molecule has 18 heavy (non-hydrogen) atoms. The molecule has 5 nitrogen and oxygen atoms in total. The van der Waals surface area contributed by atoms with Gasteiger partial charge in [0.1, 0.15) is 0 Å². The van der Waals surface area contributed by atoms with Gasteiger partial charge in [0.05, 0.1) is 6.54 Å². The summed E-state index contributed by atoms with van der Waals surface area (Å²) in [5.74, 6) is 0.220. The molecule has 5 heteroatoms. The Kier molecular flexibility index (Phi) is 5.59. The quantitative estimate of drug-likeness (QED) is 0.679. The van der Waals surface area contributed by atoms with Crippen LogP contribution in [0.1, 0.15) is 40.0 Å². The molecular formula is C13H25N3O2. The first-order valence-corrected chi connectivity index (χ1v) is 6.72. The summed E-state index contributed by atoms with van der Waals surface area (Å²) in [6.07, 6.45) is 2.53. The lowest BCUT2D eigenvalue weighted by atomic mass is 9.79. The molecule has 0 heterocycles. The van der Waals surface area contributed by atoms with Crippen molar-refractivity contribution in [1.29, 1.82) is 0 Å². The number of carbonyl (C=O) groups is 2. The summed E-state index contributed by atoms with van der Waals surface area (Å²) < 4.78 is 0. The molecule has 1 aliphatic rings. The Hall–Kier alpha value is -1.10. The molecule has 0 bridgehead atoms. The fourth-order valence-corrected chi connectivity index (χ4v) is 2.34. The van der Waals surface area contributed by atoms with Crippen molar-refractivity contribution >= 4 is 11.8 Å². The largest absolute Gasteiger partial charge is 0.352 e. The van der Waals surface area contributed by atoms with E-state index in [4.69, 9.17) is 5.73 Å². The molecule has 3 atom stereocenters. The molecule has 0 saturated heterocycles. The van der Waals surface area contributed by atoms with Gasteiger partial charge in [-0.15, -0.1) is 0 Å². The third kappa shape index (κ3) is 4.64. The number of carbonyl (C=O) groups excluding carboxylic acids is 2. The van der Waals surface area contributed by atoms with E-state index in [1.807, 2.05) is 13.8 Å². The smallest absolute Gasteiger partial charge is 0.239 e. The average Bonchev–Trinajstić information content (AvgIpc) is 2.28. The van der Waals surface area contributed by atoms with Gasteiger partial charge in [-0.1, -0.05) is 6.92 Å². The van der Waals surface area contributed by atoms with Crippen molar-refractivity contribution in [2.75, 3.05) is 6.54 Å². The van der Waals surface area contributed by atoms with Crippen LogP contribution in [0.2, 0.25) is 0 Å². The molecular weight excluding hydrogens is 230 g/mol. The van der Waals surface area contributed by atoms with E-state index in [1.54, 1.807) is 0 Å². The van der Waals surface area contributed by atoms with Gasteiger partial charge in [0, 0.05) is 18.0 Å². The van der Waals surface area contributed by atoms with Gasteiger partial charge in [-0.25, -0.2) is 0 Å². The molecule has 0 spiro atoms. The highest BCUT2D eigenvalue weighted by Gasteiger charge is 2.29. The van der Waals surface area contributed by atoms with E-state index < -0.39 is 0 Å². The normalized spacial score (nSPS) is 27.9. The van der Waals surface area contributed by atoms with E-state index in [1.165, 1.54) is 0 Å². The molecule has 3 unspecified atom stereocenters. The van der Waals surface area contributed by atoms with Crippen molar-refractivity contribution in [3.05, 3.63) is 0 Å². The number of nitrogens with one attached hydrogen (secondary N) is 2. The number of rotatable bonds is 4. The van der Waals surface area contributed by atoms with Crippen LogP contribution in [0.25, 0.3) is 0 Å². The summed E-state index contributed by atoms with van der Waals surface area (Å²) in [5.41, 5.74) is 5.92. The number of hydrogen-bond donors (Lipinski definition) is 3. The minimum atomic E-state index is -0.140. The SMILES string of the molecule is CC(C)NC(=O)CNC(=O)C1CCC(N)C(C)C1. The molecule has 104 valence electrons. The molecule has 1 fully saturated rings. The maximum absolute atomic E-state index is 11.9. The van der Waals surface area contributed by atoms with Gasteiger partial charge in [-0.2, -0.15) is 0 Å². The highest BCUT2D eigenvalue weighted by atomic mass is 16.2. The Morgan fingerprint density at radius 2 is 2.00 bits per heavy atom. The molecule has 0 aromatic rings. The molecule has 1 aliphatic carbocycles. The lowest BCUT2D eigenvalue weighted by molar-refractivity contribution is -0.129. The second-order valence-corrected chi connectivity index (χ2v) is 5.59. The molecule has 4 N–H and O–H groups in total. The fourth-order valence-electron chi connectivity index (χ4n) is 2.34. The maximum atomic E-state index is 11.9. The van der Waals surface area contributed by atoms with Gasteiger partial charge in [-0.05, 0) is 39.0 Å². The van der Waals surface area contributed by atoms with E-state index in [-0.39, 0.29) is 36.4 Å². The maximum Gasteiger partial charge on any atom is 0.239 e. The standard InChI is InChI=1S/C13H25N3O2/c1-8(2)16-12(17)7-15-13(18)10-4-5-11(14)9(3)6-10/h8-11H,4-7,14H2,1-3H3,(H,15,18)(H,16,17). The second kappa shape index (κ2) is 6.73. The van der Waals surface area contributed by atoms with Crippen LogP contribution in [0.4, 0.5) is 0 Å².